The summed E-state index contributed by atoms with van der Waals surface area (Å²) in [5, 5.41) is 13.3. The van der Waals surface area contributed by atoms with Crippen LogP contribution < -0.4 is 0 Å². The Hall–Kier alpha value is -2.42. The van der Waals surface area contributed by atoms with E-state index in [4.69, 9.17) is 4.52 Å². The van der Waals surface area contributed by atoms with Gasteiger partial charge >= 0.3 is 5.97 Å². The van der Waals surface area contributed by atoms with Crippen LogP contribution in [0.5, 0.6) is 0 Å². The first-order valence-corrected chi connectivity index (χ1v) is 8.32. The number of nitrogens with zero attached hydrogens (tertiary/aromatic N) is 3. The molecule has 1 aliphatic carbocycles. The van der Waals surface area contributed by atoms with Crippen molar-refractivity contribution in [3.05, 3.63) is 35.5 Å². The number of halogens is 3. The number of rotatable bonds is 4. The molecule has 6 nitrogen and oxygen atoms in total. The standard InChI is InChI=1S/C17H16F3N3O3/c18-11-4-9(5-12(19)14(11)20)15-21-13(26-22-15)7-23-6-10-2-1-3-17(10,8-23)16(24)25/h4-5,10H,1-3,6-8H2,(H,24,25)/t10-,17+/m0/s1. The average Bonchev–Trinajstić information content (AvgIpc) is 3.26. The molecule has 2 fully saturated rings. The van der Waals surface area contributed by atoms with Gasteiger partial charge in [0.05, 0.1) is 12.0 Å². The van der Waals surface area contributed by atoms with Crippen molar-refractivity contribution in [1.29, 1.82) is 0 Å². The fourth-order valence-corrected chi connectivity index (χ4v) is 4.18. The molecule has 1 aromatic carbocycles. The Morgan fingerprint density at radius 3 is 2.73 bits per heavy atom. The maximum Gasteiger partial charge on any atom is 0.311 e. The number of aliphatic carboxylic acids is 1. The van der Waals surface area contributed by atoms with E-state index in [2.05, 4.69) is 10.1 Å². The third-order valence-corrected chi connectivity index (χ3v) is 5.44. The van der Waals surface area contributed by atoms with Crippen LogP contribution in [0.1, 0.15) is 25.2 Å². The van der Waals surface area contributed by atoms with Crippen LogP contribution in [0.2, 0.25) is 0 Å². The predicted molar refractivity (Wildman–Crippen MR) is 82.3 cm³/mol. The lowest BCUT2D eigenvalue weighted by Crippen LogP contribution is -2.35. The second-order valence-corrected chi connectivity index (χ2v) is 6.99. The van der Waals surface area contributed by atoms with E-state index >= 15 is 0 Å². The van der Waals surface area contributed by atoms with E-state index in [0.717, 1.165) is 25.0 Å². The SMILES string of the molecule is O=C(O)[C@@]12CCC[C@H]1CN(Cc1nc(-c3cc(F)c(F)c(F)c3)no1)C2. The molecule has 1 aromatic heterocycles. The van der Waals surface area contributed by atoms with Crippen LogP contribution in [0.25, 0.3) is 11.4 Å². The molecule has 4 rings (SSSR count). The van der Waals surface area contributed by atoms with Crippen LogP contribution in [0.3, 0.4) is 0 Å². The summed E-state index contributed by atoms with van der Waals surface area (Å²) >= 11 is 0. The van der Waals surface area contributed by atoms with E-state index < -0.39 is 28.8 Å². The third-order valence-electron chi connectivity index (χ3n) is 5.44. The normalized spacial score (nSPS) is 25.6. The summed E-state index contributed by atoms with van der Waals surface area (Å²) in [6.07, 6.45) is 2.45. The largest absolute Gasteiger partial charge is 0.481 e. The van der Waals surface area contributed by atoms with Gasteiger partial charge in [0.15, 0.2) is 17.5 Å². The second-order valence-electron chi connectivity index (χ2n) is 6.99. The van der Waals surface area contributed by atoms with Crippen molar-refractivity contribution in [3.8, 4) is 11.4 Å². The topological polar surface area (TPSA) is 79.5 Å². The van der Waals surface area contributed by atoms with Crippen molar-refractivity contribution in [2.24, 2.45) is 11.3 Å². The molecule has 1 N–H and O–H groups in total. The van der Waals surface area contributed by atoms with Crippen molar-refractivity contribution >= 4 is 5.97 Å². The van der Waals surface area contributed by atoms with E-state index in [-0.39, 0.29) is 29.7 Å². The summed E-state index contributed by atoms with van der Waals surface area (Å²) in [4.78, 5) is 17.7. The molecule has 1 saturated carbocycles. The zero-order chi connectivity index (χ0) is 18.5. The fourth-order valence-electron chi connectivity index (χ4n) is 4.18. The molecular formula is C17H16F3N3O3. The molecule has 1 saturated heterocycles. The lowest BCUT2D eigenvalue weighted by molar-refractivity contribution is -0.149. The Balaban J connectivity index is 1.51. The van der Waals surface area contributed by atoms with Crippen LogP contribution in [0.4, 0.5) is 13.2 Å². The van der Waals surface area contributed by atoms with Gasteiger partial charge in [-0.25, -0.2) is 13.2 Å². The zero-order valence-electron chi connectivity index (χ0n) is 13.7. The van der Waals surface area contributed by atoms with Gasteiger partial charge in [-0.15, -0.1) is 0 Å². The summed E-state index contributed by atoms with van der Waals surface area (Å²) in [5.41, 5.74) is -0.747. The maximum atomic E-state index is 13.3. The number of hydrogen-bond donors (Lipinski definition) is 1. The summed E-state index contributed by atoms with van der Waals surface area (Å²) in [6.45, 7) is 1.29. The van der Waals surface area contributed by atoms with E-state index in [0.29, 0.717) is 19.5 Å². The van der Waals surface area contributed by atoms with E-state index in [1.807, 2.05) is 4.90 Å². The number of fused-ring (bicyclic) bond motifs is 1. The van der Waals surface area contributed by atoms with Crippen LogP contribution in [-0.2, 0) is 11.3 Å². The predicted octanol–water partition coefficient (Wildman–Crippen LogP) is 2.84. The number of likely N-dealkylation sites (tertiary alicyclic amines) is 1. The van der Waals surface area contributed by atoms with Gasteiger partial charge in [0.2, 0.25) is 11.7 Å². The molecule has 0 unspecified atom stereocenters. The second kappa shape index (κ2) is 6.08. The van der Waals surface area contributed by atoms with E-state index in [9.17, 15) is 23.1 Å². The molecule has 0 bridgehead atoms. The number of benzene rings is 1. The Morgan fingerprint density at radius 1 is 1.35 bits per heavy atom. The van der Waals surface area contributed by atoms with Gasteiger partial charge in [-0.05, 0) is 30.9 Å². The van der Waals surface area contributed by atoms with Crippen molar-refractivity contribution in [2.75, 3.05) is 13.1 Å². The Bertz CT molecular complexity index is 849. The minimum atomic E-state index is -1.56. The number of carboxylic acid groups (broad SMARTS) is 1. The van der Waals surface area contributed by atoms with Crippen molar-refractivity contribution in [2.45, 2.75) is 25.8 Å². The fraction of sp³-hybridized carbons (Fsp3) is 0.471. The molecule has 2 aliphatic rings. The first-order valence-electron chi connectivity index (χ1n) is 8.32. The Kier molecular flexibility index (Phi) is 3.98. The number of hydrogen-bond acceptors (Lipinski definition) is 5. The molecule has 0 spiro atoms. The van der Waals surface area contributed by atoms with Gasteiger partial charge in [-0.2, -0.15) is 4.98 Å². The smallest absolute Gasteiger partial charge is 0.311 e. The van der Waals surface area contributed by atoms with E-state index in [1.54, 1.807) is 0 Å². The van der Waals surface area contributed by atoms with Gasteiger partial charge in [0.1, 0.15) is 0 Å². The van der Waals surface area contributed by atoms with Gasteiger partial charge in [-0.1, -0.05) is 11.6 Å². The molecule has 2 aromatic rings. The number of aromatic nitrogens is 2. The quantitative estimate of drug-likeness (QED) is 0.837. The van der Waals surface area contributed by atoms with Gasteiger partial charge in [-0.3, -0.25) is 9.69 Å². The van der Waals surface area contributed by atoms with Gasteiger partial charge in [0, 0.05) is 18.7 Å². The molecule has 0 radical (unpaired) electrons. The minimum absolute atomic E-state index is 0.0308. The van der Waals surface area contributed by atoms with Gasteiger partial charge in [0.25, 0.3) is 0 Å². The molecule has 2 atom stereocenters. The summed E-state index contributed by atoms with van der Waals surface area (Å²) < 4.78 is 44.9. The number of carboxylic acids is 1. The summed E-state index contributed by atoms with van der Waals surface area (Å²) in [5.74, 6) is -4.73. The van der Waals surface area contributed by atoms with Crippen LogP contribution in [0, 0.1) is 28.8 Å². The first-order chi connectivity index (χ1) is 12.4. The van der Waals surface area contributed by atoms with Gasteiger partial charge < -0.3 is 9.63 Å². The lowest BCUT2D eigenvalue weighted by atomic mass is 9.81. The first kappa shape index (κ1) is 17.0. The summed E-state index contributed by atoms with van der Waals surface area (Å²) in [6, 6.07) is 1.60. The molecular weight excluding hydrogens is 351 g/mol. The van der Waals surface area contributed by atoms with Crippen LogP contribution in [0.15, 0.2) is 16.7 Å². The van der Waals surface area contributed by atoms with E-state index in [1.165, 1.54) is 0 Å². The van der Waals surface area contributed by atoms with Crippen molar-refractivity contribution < 1.29 is 27.6 Å². The average molecular weight is 367 g/mol. The lowest BCUT2D eigenvalue weighted by Gasteiger charge is -2.23. The Morgan fingerprint density at radius 2 is 2.08 bits per heavy atom. The summed E-state index contributed by atoms with van der Waals surface area (Å²) in [7, 11) is 0. The molecule has 0 amide bonds. The van der Waals surface area contributed by atoms with Crippen LogP contribution in [-0.4, -0.2) is 39.2 Å². The van der Waals surface area contributed by atoms with Crippen molar-refractivity contribution in [1.82, 2.24) is 15.0 Å². The van der Waals surface area contributed by atoms with Crippen molar-refractivity contribution in [3.63, 3.8) is 0 Å². The molecule has 1 aliphatic heterocycles. The Labute approximate surface area is 146 Å². The minimum Gasteiger partial charge on any atom is -0.481 e. The molecule has 26 heavy (non-hydrogen) atoms. The third kappa shape index (κ3) is 2.66. The molecule has 2 heterocycles. The maximum absolute atomic E-state index is 13.3. The van der Waals surface area contributed by atoms with Crippen LogP contribution >= 0.6 is 0 Å². The molecule has 138 valence electrons. The number of carbonyl (C=O) groups is 1. The highest BCUT2D eigenvalue weighted by atomic mass is 19.2. The highest BCUT2D eigenvalue weighted by Crippen LogP contribution is 2.49. The highest BCUT2D eigenvalue weighted by molar-refractivity contribution is 5.76. The zero-order valence-corrected chi connectivity index (χ0v) is 13.7. The highest BCUT2D eigenvalue weighted by Gasteiger charge is 2.54. The monoisotopic (exact) mass is 367 g/mol. The molecule has 9 heteroatoms.